The normalized spacial score (nSPS) is 14.4. The first kappa shape index (κ1) is 8.36. The number of anilines is 1. The molecule has 1 radical (unpaired) electrons. The first-order valence-corrected chi connectivity index (χ1v) is 4.77. The van der Waals surface area contributed by atoms with Crippen LogP contribution in [0.3, 0.4) is 0 Å². The van der Waals surface area contributed by atoms with Crippen molar-refractivity contribution in [2.75, 3.05) is 11.4 Å². The van der Waals surface area contributed by atoms with Gasteiger partial charge in [-0.05, 0) is 18.1 Å². The van der Waals surface area contributed by atoms with Crippen LogP contribution in [0, 0.1) is 6.54 Å². The fraction of sp³-hybridized carbons (Fsp3) is 0.250. The van der Waals surface area contributed by atoms with E-state index in [1.165, 1.54) is 11.3 Å². The third kappa shape index (κ3) is 1.59. The molecule has 0 saturated heterocycles. The van der Waals surface area contributed by atoms with Crippen molar-refractivity contribution in [1.29, 1.82) is 0 Å². The van der Waals surface area contributed by atoms with Crippen molar-refractivity contribution >= 4 is 11.8 Å². The van der Waals surface area contributed by atoms with Crippen molar-refractivity contribution in [3.8, 4) is 0 Å². The fourth-order valence-electron chi connectivity index (χ4n) is 1.67. The van der Waals surface area contributed by atoms with Crippen LogP contribution in [0.5, 0.6) is 0 Å². The van der Waals surface area contributed by atoms with E-state index in [9.17, 15) is 0 Å². The molecule has 0 atom stereocenters. The highest BCUT2D eigenvalue weighted by Gasteiger charge is 2.10. The Morgan fingerprint density at radius 2 is 2.23 bits per heavy atom. The first-order valence-electron chi connectivity index (χ1n) is 4.77. The predicted molar refractivity (Wildman–Crippen MR) is 57.4 cm³/mol. The van der Waals surface area contributed by atoms with Crippen molar-refractivity contribution in [3.63, 3.8) is 0 Å². The highest BCUT2D eigenvalue weighted by Crippen LogP contribution is 2.26. The molecular formula is C12H14N. The molecule has 1 heteroatoms. The van der Waals surface area contributed by atoms with Crippen molar-refractivity contribution in [3.05, 3.63) is 42.4 Å². The van der Waals surface area contributed by atoms with E-state index < -0.39 is 0 Å². The molecule has 0 bridgehead atoms. The molecule has 0 N–H and O–H groups in total. The average Bonchev–Trinajstić information content (AvgIpc) is 2.19. The summed E-state index contributed by atoms with van der Waals surface area (Å²) >= 11 is 0. The predicted octanol–water partition coefficient (Wildman–Crippen LogP) is 3.09. The van der Waals surface area contributed by atoms with Crippen molar-refractivity contribution < 1.29 is 0 Å². The Bertz CT molecular complexity index is 315. The fourth-order valence-corrected chi connectivity index (χ4v) is 1.67. The number of para-hydroxylation sites is 1. The SMILES string of the molecule is CC[CH]N1CC=Cc2ccccc21. The molecule has 0 aromatic heterocycles. The van der Waals surface area contributed by atoms with Gasteiger partial charge in [-0.2, -0.15) is 0 Å². The summed E-state index contributed by atoms with van der Waals surface area (Å²) < 4.78 is 0. The van der Waals surface area contributed by atoms with Crippen LogP contribution in [-0.4, -0.2) is 6.54 Å². The van der Waals surface area contributed by atoms with E-state index in [-0.39, 0.29) is 0 Å². The van der Waals surface area contributed by atoms with Crippen LogP contribution in [0.1, 0.15) is 18.9 Å². The molecule has 1 aromatic rings. The lowest BCUT2D eigenvalue weighted by Gasteiger charge is -2.26. The Labute approximate surface area is 79.7 Å². The minimum absolute atomic E-state index is 1.00. The molecule has 0 amide bonds. The number of benzene rings is 1. The Morgan fingerprint density at radius 3 is 3.08 bits per heavy atom. The van der Waals surface area contributed by atoms with Crippen molar-refractivity contribution in [2.24, 2.45) is 0 Å². The summed E-state index contributed by atoms with van der Waals surface area (Å²) in [7, 11) is 0. The summed E-state index contributed by atoms with van der Waals surface area (Å²) in [5.41, 5.74) is 2.64. The molecule has 0 fully saturated rings. The van der Waals surface area contributed by atoms with Gasteiger partial charge in [0.1, 0.15) is 0 Å². The topological polar surface area (TPSA) is 3.24 Å². The Hall–Kier alpha value is -1.24. The summed E-state index contributed by atoms with van der Waals surface area (Å²) in [6.45, 7) is 5.41. The maximum atomic E-state index is 2.30. The van der Waals surface area contributed by atoms with Gasteiger partial charge in [0.15, 0.2) is 0 Å². The molecule has 2 rings (SSSR count). The lowest BCUT2D eigenvalue weighted by Crippen LogP contribution is -2.22. The maximum Gasteiger partial charge on any atom is 0.0494 e. The van der Waals surface area contributed by atoms with Gasteiger partial charge in [-0.3, -0.25) is 0 Å². The number of rotatable bonds is 2. The third-order valence-corrected chi connectivity index (χ3v) is 2.25. The number of fused-ring (bicyclic) bond motifs is 1. The molecule has 67 valence electrons. The third-order valence-electron chi connectivity index (χ3n) is 2.25. The second-order valence-corrected chi connectivity index (χ2v) is 3.20. The molecule has 13 heavy (non-hydrogen) atoms. The minimum atomic E-state index is 1.00. The van der Waals surface area contributed by atoms with E-state index in [0.717, 1.165) is 13.0 Å². The van der Waals surface area contributed by atoms with E-state index in [0.29, 0.717) is 0 Å². The largest absolute Gasteiger partial charge is 0.362 e. The Kier molecular flexibility index (Phi) is 2.35. The lowest BCUT2D eigenvalue weighted by molar-refractivity contribution is 0.916. The van der Waals surface area contributed by atoms with Gasteiger partial charge in [0.2, 0.25) is 0 Å². The highest BCUT2D eigenvalue weighted by molar-refractivity contribution is 5.71. The summed E-state index contributed by atoms with van der Waals surface area (Å²) in [6.07, 6.45) is 5.48. The molecule has 1 aliphatic rings. The van der Waals surface area contributed by atoms with Gasteiger partial charge in [0, 0.05) is 18.8 Å². The molecule has 0 saturated carbocycles. The summed E-state index contributed by atoms with van der Waals surface area (Å²) in [6, 6.07) is 8.50. The zero-order chi connectivity index (χ0) is 9.10. The maximum absolute atomic E-state index is 2.30. The summed E-state index contributed by atoms with van der Waals surface area (Å²) in [5, 5.41) is 0. The van der Waals surface area contributed by atoms with Crippen LogP contribution in [0.4, 0.5) is 5.69 Å². The number of nitrogens with zero attached hydrogens (tertiary/aromatic N) is 1. The van der Waals surface area contributed by atoms with Crippen LogP contribution in [0.15, 0.2) is 30.3 Å². The molecule has 1 heterocycles. The lowest BCUT2D eigenvalue weighted by atomic mass is 10.1. The molecular weight excluding hydrogens is 158 g/mol. The van der Waals surface area contributed by atoms with Gasteiger partial charge >= 0.3 is 0 Å². The van der Waals surface area contributed by atoms with E-state index >= 15 is 0 Å². The summed E-state index contributed by atoms with van der Waals surface area (Å²) in [4.78, 5) is 2.30. The van der Waals surface area contributed by atoms with Gasteiger partial charge in [-0.15, -0.1) is 0 Å². The van der Waals surface area contributed by atoms with Gasteiger partial charge in [-0.1, -0.05) is 37.3 Å². The first-order chi connectivity index (χ1) is 6.42. The molecule has 1 aromatic carbocycles. The van der Waals surface area contributed by atoms with E-state index in [4.69, 9.17) is 0 Å². The van der Waals surface area contributed by atoms with E-state index in [1.807, 2.05) is 0 Å². The van der Waals surface area contributed by atoms with Gasteiger partial charge in [0.05, 0.1) is 0 Å². The van der Waals surface area contributed by atoms with Gasteiger partial charge < -0.3 is 4.90 Å². The van der Waals surface area contributed by atoms with Crippen LogP contribution < -0.4 is 4.90 Å². The second-order valence-electron chi connectivity index (χ2n) is 3.20. The quantitative estimate of drug-likeness (QED) is 0.662. The minimum Gasteiger partial charge on any atom is -0.362 e. The molecule has 1 nitrogen and oxygen atoms in total. The Morgan fingerprint density at radius 1 is 1.38 bits per heavy atom. The average molecular weight is 172 g/mol. The highest BCUT2D eigenvalue weighted by atomic mass is 15.1. The van der Waals surface area contributed by atoms with Crippen molar-refractivity contribution in [1.82, 2.24) is 0 Å². The van der Waals surface area contributed by atoms with Gasteiger partial charge in [0.25, 0.3) is 0 Å². The second kappa shape index (κ2) is 3.65. The summed E-state index contributed by atoms with van der Waals surface area (Å²) in [5.74, 6) is 0. The monoisotopic (exact) mass is 172 g/mol. The Balaban J connectivity index is 2.32. The van der Waals surface area contributed by atoms with Crippen LogP contribution in [0.2, 0.25) is 0 Å². The van der Waals surface area contributed by atoms with Gasteiger partial charge in [-0.25, -0.2) is 0 Å². The number of hydrogen-bond acceptors (Lipinski definition) is 1. The standard InChI is InChI=1S/C12H14N/c1-2-9-13-10-5-7-11-6-3-4-8-12(11)13/h3-9H,2,10H2,1H3. The van der Waals surface area contributed by atoms with Crippen LogP contribution in [0.25, 0.3) is 6.08 Å². The molecule has 0 aliphatic carbocycles. The molecule has 0 spiro atoms. The molecule has 1 aliphatic heterocycles. The number of hydrogen-bond donors (Lipinski definition) is 0. The van der Waals surface area contributed by atoms with E-state index in [1.54, 1.807) is 0 Å². The smallest absolute Gasteiger partial charge is 0.0494 e. The zero-order valence-electron chi connectivity index (χ0n) is 7.90. The zero-order valence-corrected chi connectivity index (χ0v) is 7.90. The van der Waals surface area contributed by atoms with Crippen molar-refractivity contribution in [2.45, 2.75) is 13.3 Å². The molecule has 0 unspecified atom stereocenters. The van der Waals surface area contributed by atoms with E-state index in [2.05, 4.69) is 54.8 Å². The van der Waals surface area contributed by atoms with Crippen LogP contribution in [-0.2, 0) is 0 Å². The van der Waals surface area contributed by atoms with Crippen LogP contribution >= 0.6 is 0 Å².